The number of nitrogens with zero attached hydrogens (tertiary/aromatic N) is 4. The fraction of sp³-hybridized carbons (Fsp3) is 0.409. The van der Waals surface area contributed by atoms with Crippen LogP contribution in [0.1, 0.15) is 35.4 Å². The van der Waals surface area contributed by atoms with Crippen LogP contribution in [-0.2, 0) is 4.79 Å². The van der Waals surface area contributed by atoms with Crippen molar-refractivity contribution in [2.24, 2.45) is 5.92 Å². The average Bonchev–Trinajstić information content (AvgIpc) is 3.31. The van der Waals surface area contributed by atoms with Gasteiger partial charge in [0.2, 0.25) is 16.2 Å². The van der Waals surface area contributed by atoms with Gasteiger partial charge in [0.25, 0.3) is 0 Å². The summed E-state index contributed by atoms with van der Waals surface area (Å²) in [7, 11) is 0. The Morgan fingerprint density at radius 3 is 2.55 bits per heavy atom. The van der Waals surface area contributed by atoms with Crippen LogP contribution in [0.2, 0.25) is 0 Å². The molecule has 0 bridgehead atoms. The lowest BCUT2D eigenvalue weighted by Gasteiger charge is -2.31. The van der Waals surface area contributed by atoms with E-state index in [9.17, 15) is 4.79 Å². The number of hydrogen-bond donors (Lipinski definition) is 1. The summed E-state index contributed by atoms with van der Waals surface area (Å²) in [4.78, 5) is 15.1. The van der Waals surface area contributed by atoms with Crippen LogP contribution in [0.15, 0.2) is 30.3 Å². The van der Waals surface area contributed by atoms with E-state index in [1.165, 1.54) is 0 Å². The van der Waals surface area contributed by atoms with Gasteiger partial charge in [-0.15, -0.1) is 10.2 Å². The van der Waals surface area contributed by atoms with Crippen LogP contribution >= 0.6 is 11.3 Å². The van der Waals surface area contributed by atoms with Gasteiger partial charge in [-0.25, -0.2) is 0 Å². The molecule has 2 aromatic heterocycles. The summed E-state index contributed by atoms with van der Waals surface area (Å²) < 4.78 is 2.12. The summed E-state index contributed by atoms with van der Waals surface area (Å²) >= 11 is 1.58. The molecule has 4 rings (SSSR count). The standard InChI is InChI=1S/C22H27N5OS/c1-14-7-8-15(2)19(12-14)23-20(28)18-6-5-11-26(13-18)21-24-25-22(29-21)27-16(3)9-10-17(27)4/h7-10,12,18H,5-6,11,13H2,1-4H3,(H,23,28). The van der Waals surface area contributed by atoms with Gasteiger partial charge in [-0.2, -0.15) is 0 Å². The van der Waals surface area contributed by atoms with Crippen molar-refractivity contribution in [2.75, 3.05) is 23.3 Å². The second-order valence-electron chi connectivity index (χ2n) is 7.91. The minimum absolute atomic E-state index is 0.0499. The summed E-state index contributed by atoms with van der Waals surface area (Å²) in [6, 6.07) is 10.3. The highest BCUT2D eigenvalue weighted by Gasteiger charge is 2.28. The Hall–Kier alpha value is -2.67. The molecule has 152 valence electrons. The van der Waals surface area contributed by atoms with Crippen molar-refractivity contribution < 1.29 is 4.79 Å². The molecule has 0 aliphatic carbocycles. The van der Waals surface area contributed by atoms with Crippen molar-refractivity contribution in [3.63, 3.8) is 0 Å². The van der Waals surface area contributed by atoms with Gasteiger partial charge in [-0.3, -0.25) is 9.36 Å². The minimum Gasteiger partial charge on any atom is -0.346 e. The Bertz CT molecular complexity index is 1020. The highest BCUT2D eigenvalue weighted by Crippen LogP contribution is 2.30. The predicted molar refractivity (Wildman–Crippen MR) is 118 cm³/mol. The number of piperidine rings is 1. The van der Waals surface area contributed by atoms with Crippen LogP contribution in [0.5, 0.6) is 0 Å². The molecule has 1 aromatic carbocycles. The molecule has 0 radical (unpaired) electrons. The normalized spacial score (nSPS) is 16.8. The van der Waals surface area contributed by atoms with Crippen LogP contribution in [0, 0.1) is 33.6 Å². The number of aromatic nitrogens is 3. The molecule has 1 saturated heterocycles. The molecular weight excluding hydrogens is 382 g/mol. The second kappa shape index (κ2) is 7.99. The summed E-state index contributed by atoms with van der Waals surface area (Å²) in [6.07, 6.45) is 1.87. The Morgan fingerprint density at radius 1 is 1.07 bits per heavy atom. The Balaban J connectivity index is 1.47. The second-order valence-corrected chi connectivity index (χ2v) is 8.85. The number of aryl methyl sites for hydroxylation is 4. The molecule has 1 atom stereocenters. The monoisotopic (exact) mass is 409 g/mol. The first kappa shape index (κ1) is 19.6. The van der Waals surface area contributed by atoms with Gasteiger partial charge in [0, 0.05) is 30.2 Å². The van der Waals surface area contributed by atoms with Crippen molar-refractivity contribution >= 4 is 28.1 Å². The average molecular weight is 410 g/mol. The summed E-state index contributed by atoms with van der Waals surface area (Å²) in [5, 5.41) is 13.7. The molecule has 1 fully saturated rings. The van der Waals surface area contributed by atoms with Crippen LogP contribution in [-0.4, -0.2) is 33.8 Å². The van der Waals surface area contributed by atoms with Crippen molar-refractivity contribution in [1.29, 1.82) is 0 Å². The van der Waals surface area contributed by atoms with Gasteiger partial charge >= 0.3 is 0 Å². The molecule has 1 aliphatic rings. The molecule has 29 heavy (non-hydrogen) atoms. The molecule has 1 aliphatic heterocycles. The number of rotatable bonds is 4. The van der Waals surface area contributed by atoms with Gasteiger partial charge in [0.1, 0.15) is 0 Å². The van der Waals surface area contributed by atoms with E-state index in [2.05, 4.69) is 57.0 Å². The highest BCUT2D eigenvalue weighted by molar-refractivity contribution is 7.17. The van der Waals surface area contributed by atoms with Crippen LogP contribution in [0.25, 0.3) is 5.13 Å². The summed E-state index contributed by atoms with van der Waals surface area (Å²) in [5.41, 5.74) is 5.43. The third kappa shape index (κ3) is 4.05. The zero-order chi connectivity index (χ0) is 20.5. The minimum atomic E-state index is -0.0499. The molecule has 7 heteroatoms. The van der Waals surface area contributed by atoms with E-state index < -0.39 is 0 Å². The topological polar surface area (TPSA) is 63.1 Å². The third-order valence-corrected chi connectivity index (χ3v) is 6.55. The van der Waals surface area contributed by atoms with Crippen LogP contribution < -0.4 is 10.2 Å². The van der Waals surface area contributed by atoms with Gasteiger partial charge in [0.05, 0.1) is 5.92 Å². The molecule has 1 unspecified atom stereocenters. The molecule has 3 heterocycles. The molecule has 1 amide bonds. The quantitative estimate of drug-likeness (QED) is 0.693. The number of carbonyl (C=O) groups is 1. The lowest BCUT2D eigenvalue weighted by molar-refractivity contribution is -0.120. The van der Waals surface area contributed by atoms with Crippen LogP contribution in [0.4, 0.5) is 10.8 Å². The van der Waals surface area contributed by atoms with Crippen molar-refractivity contribution in [2.45, 2.75) is 40.5 Å². The maximum Gasteiger partial charge on any atom is 0.229 e. The van der Waals surface area contributed by atoms with Crippen molar-refractivity contribution in [3.8, 4) is 5.13 Å². The van der Waals surface area contributed by atoms with E-state index in [-0.39, 0.29) is 11.8 Å². The first-order chi connectivity index (χ1) is 13.9. The fourth-order valence-corrected chi connectivity index (χ4v) is 4.87. The Kier molecular flexibility index (Phi) is 5.41. The number of benzene rings is 1. The first-order valence-electron chi connectivity index (χ1n) is 10.0. The predicted octanol–water partition coefficient (Wildman–Crippen LogP) is 4.42. The fourth-order valence-electron chi connectivity index (χ4n) is 3.87. The molecular formula is C22H27N5OS. The van der Waals surface area contributed by atoms with Gasteiger partial charge in [-0.05, 0) is 69.9 Å². The van der Waals surface area contributed by atoms with E-state index in [1.54, 1.807) is 11.3 Å². The van der Waals surface area contributed by atoms with E-state index in [0.29, 0.717) is 6.54 Å². The smallest absolute Gasteiger partial charge is 0.229 e. The zero-order valence-electron chi connectivity index (χ0n) is 17.4. The largest absolute Gasteiger partial charge is 0.346 e. The highest BCUT2D eigenvalue weighted by atomic mass is 32.1. The summed E-state index contributed by atoms with van der Waals surface area (Å²) in [6.45, 7) is 9.79. The first-order valence-corrected chi connectivity index (χ1v) is 10.9. The molecule has 3 aromatic rings. The SMILES string of the molecule is Cc1ccc(C)c(NC(=O)C2CCCN(c3nnc(-n4c(C)ccc4C)s3)C2)c1. The van der Waals surface area contributed by atoms with E-state index >= 15 is 0 Å². The van der Waals surface area contributed by atoms with E-state index in [1.807, 2.05) is 26.0 Å². The Labute approximate surface area is 175 Å². The number of carbonyl (C=O) groups excluding carboxylic acids is 1. The zero-order valence-corrected chi connectivity index (χ0v) is 18.2. The number of hydrogen-bond acceptors (Lipinski definition) is 5. The Morgan fingerprint density at radius 2 is 1.79 bits per heavy atom. The maximum atomic E-state index is 12.9. The maximum absolute atomic E-state index is 12.9. The van der Waals surface area contributed by atoms with Gasteiger partial charge in [-0.1, -0.05) is 23.5 Å². The number of nitrogens with one attached hydrogen (secondary N) is 1. The van der Waals surface area contributed by atoms with Crippen LogP contribution in [0.3, 0.4) is 0 Å². The number of amides is 1. The lowest BCUT2D eigenvalue weighted by atomic mass is 9.97. The molecule has 0 saturated carbocycles. The third-order valence-electron chi connectivity index (χ3n) is 5.58. The summed E-state index contributed by atoms with van der Waals surface area (Å²) in [5.74, 6) is 0.0382. The molecule has 0 spiro atoms. The van der Waals surface area contributed by atoms with Crippen molar-refractivity contribution in [3.05, 3.63) is 52.8 Å². The molecule has 1 N–H and O–H groups in total. The number of anilines is 2. The van der Waals surface area contributed by atoms with E-state index in [0.717, 1.165) is 57.9 Å². The molecule has 6 nitrogen and oxygen atoms in total. The van der Waals surface area contributed by atoms with Gasteiger partial charge in [0.15, 0.2) is 0 Å². The van der Waals surface area contributed by atoms with Gasteiger partial charge < -0.3 is 10.2 Å². The van der Waals surface area contributed by atoms with Crippen molar-refractivity contribution in [1.82, 2.24) is 14.8 Å². The lowest BCUT2D eigenvalue weighted by Crippen LogP contribution is -2.40. The van der Waals surface area contributed by atoms with E-state index in [4.69, 9.17) is 0 Å².